The van der Waals surface area contributed by atoms with E-state index in [1.165, 1.54) is 6.42 Å². The van der Waals surface area contributed by atoms with Gasteiger partial charge in [-0.05, 0) is 43.2 Å². The van der Waals surface area contributed by atoms with E-state index >= 15 is 0 Å². The van der Waals surface area contributed by atoms with E-state index in [4.69, 9.17) is 5.84 Å². The van der Waals surface area contributed by atoms with Crippen LogP contribution in [-0.2, 0) is 6.42 Å². The third-order valence-electron chi connectivity index (χ3n) is 2.95. The highest BCUT2D eigenvalue weighted by molar-refractivity contribution is 5.03. The zero-order chi connectivity index (χ0) is 12.7. The van der Waals surface area contributed by atoms with Crippen LogP contribution in [0.2, 0.25) is 0 Å². The Morgan fingerprint density at radius 1 is 1.29 bits per heavy atom. The molecule has 0 saturated carbocycles. The maximum atomic E-state index is 5.60. The van der Waals surface area contributed by atoms with E-state index in [0.717, 1.165) is 25.0 Å². The number of aryl methyl sites for hydroxylation is 1. The van der Waals surface area contributed by atoms with Crippen LogP contribution in [0, 0.1) is 5.41 Å². The molecule has 1 rings (SSSR count). The van der Waals surface area contributed by atoms with Gasteiger partial charge in [-0.25, -0.2) is 0 Å². The van der Waals surface area contributed by atoms with Gasteiger partial charge in [0.05, 0.1) is 0 Å². The molecule has 17 heavy (non-hydrogen) atoms. The largest absolute Gasteiger partial charge is 0.271 e. The third kappa shape index (κ3) is 6.39. The summed E-state index contributed by atoms with van der Waals surface area (Å²) in [5, 5.41) is 0. The van der Waals surface area contributed by atoms with Crippen LogP contribution in [0.25, 0.3) is 0 Å². The van der Waals surface area contributed by atoms with Crippen molar-refractivity contribution >= 4 is 0 Å². The molecule has 1 heterocycles. The summed E-state index contributed by atoms with van der Waals surface area (Å²) in [6.45, 7) is 6.79. The number of nitrogens with one attached hydrogen (secondary N) is 1. The summed E-state index contributed by atoms with van der Waals surface area (Å²) in [6.07, 6.45) is 6.18. The van der Waals surface area contributed by atoms with Crippen molar-refractivity contribution in [3.63, 3.8) is 0 Å². The van der Waals surface area contributed by atoms with Crippen molar-refractivity contribution in [3.8, 4) is 0 Å². The average molecular weight is 235 g/mol. The second-order valence-corrected chi connectivity index (χ2v) is 5.82. The molecule has 0 saturated heterocycles. The van der Waals surface area contributed by atoms with Crippen LogP contribution in [0.5, 0.6) is 0 Å². The minimum absolute atomic E-state index is 0.375. The molecule has 96 valence electrons. The number of hydrogen-bond donors (Lipinski definition) is 2. The minimum Gasteiger partial charge on any atom is -0.271 e. The summed E-state index contributed by atoms with van der Waals surface area (Å²) in [6, 6.07) is 6.43. The normalized spacial score (nSPS) is 13.6. The molecule has 3 nitrogen and oxygen atoms in total. The number of aromatic nitrogens is 1. The molecular formula is C14H25N3. The number of rotatable bonds is 6. The summed E-state index contributed by atoms with van der Waals surface area (Å²) < 4.78 is 0. The number of hydrogen-bond acceptors (Lipinski definition) is 3. The number of nitrogens with two attached hydrogens (primary N) is 1. The lowest BCUT2D eigenvalue weighted by Gasteiger charge is -2.22. The van der Waals surface area contributed by atoms with Gasteiger partial charge in [0.1, 0.15) is 0 Å². The lowest BCUT2D eigenvalue weighted by molar-refractivity contribution is 0.324. The molecular weight excluding hydrogens is 210 g/mol. The first-order chi connectivity index (χ1) is 8.01. The Bertz CT molecular complexity index is 303. The first-order valence-corrected chi connectivity index (χ1v) is 6.37. The Labute approximate surface area is 105 Å². The fourth-order valence-electron chi connectivity index (χ4n) is 1.79. The first kappa shape index (κ1) is 14.1. The summed E-state index contributed by atoms with van der Waals surface area (Å²) in [5.41, 5.74) is 4.43. The van der Waals surface area contributed by atoms with Gasteiger partial charge in [0, 0.05) is 17.9 Å². The molecule has 1 unspecified atom stereocenters. The van der Waals surface area contributed by atoms with Gasteiger partial charge in [-0.3, -0.25) is 16.3 Å². The third-order valence-corrected chi connectivity index (χ3v) is 2.95. The van der Waals surface area contributed by atoms with Crippen molar-refractivity contribution < 1.29 is 0 Å². The standard InChI is InChI=1S/C14H25N3/c1-14(2,3)10-9-13(17-15)8-7-12-6-4-5-11-16-12/h4-6,11,13,17H,7-10,15H2,1-3H3. The highest BCUT2D eigenvalue weighted by atomic mass is 15.2. The van der Waals surface area contributed by atoms with E-state index in [9.17, 15) is 0 Å². The van der Waals surface area contributed by atoms with Crippen molar-refractivity contribution in [3.05, 3.63) is 30.1 Å². The summed E-state index contributed by atoms with van der Waals surface area (Å²) >= 11 is 0. The van der Waals surface area contributed by atoms with Crippen molar-refractivity contribution in [1.29, 1.82) is 0 Å². The molecule has 1 aromatic heterocycles. The van der Waals surface area contributed by atoms with E-state index in [2.05, 4.69) is 37.2 Å². The Balaban J connectivity index is 2.33. The summed E-state index contributed by atoms with van der Waals surface area (Å²) in [7, 11) is 0. The van der Waals surface area contributed by atoms with Crippen molar-refractivity contribution in [2.45, 2.75) is 52.5 Å². The molecule has 0 spiro atoms. The van der Waals surface area contributed by atoms with Crippen LogP contribution in [0.4, 0.5) is 0 Å². The molecule has 3 heteroatoms. The van der Waals surface area contributed by atoms with Crippen LogP contribution in [0.3, 0.4) is 0 Å². The lowest BCUT2D eigenvalue weighted by Crippen LogP contribution is -2.36. The molecule has 1 aromatic rings. The predicted molar refractivity (Wildman–Crippen MR) is 72.4 cm³/mol. The lowest BCUT2D eigenvalue weighted by atomic mass is 9.88. The molecule has 3 N–H and O–H groups in total. The van der Waals surface area contributed by atoms with Crippen LogP contribution < -0.4 is 11.3 Å². The van der Waals surface area contributed by atoms with E-state index in [1.807, 2.05) is 18.3 Å². The van der Waals surface area contributed by atoms with Gasteiger partial charge in [-0.1, -0.05) is 26.8 Å². The van der Waals surface area contributed by atoms with E-state index < -0.39 is 0 Å². The molecule has 0 aliphatic carbocycles. The molecule has 0 amide bonds. The fraction of sp³-hybridized carbons (Fsp3) is 0.643. The average Bonchev–Trinajstić information content (AvgIpc) is 2.29. The predicted octanol–water partition coefficient (Wildman–Crippen LogP) is 2.67. The molecule has 0 aliphatic heterocycles. The van der Waals surface area contributed by atoms with Gasteiger partial charge >= 0.3 is 0 Å². The van der Waals surface area contributed by atoms with Crippen molar-refractivity contribution in [1.82, 2.24) is 10.4 Å². The highest BCUT2D eigenvalue weighted by Gasteiger charge is 2.14. The second kappa shape index (κ2) is 6.72. The minimum atomic E-state index is 0.375. The SMILES string of the molecule is CC(C)(C)CCC(CCc1ccccn1)NN. The molecule has 0 bridgehead atoms. The maximum Gasteiger partial charge on any atom is 0.0404 e. The van der Waals surface area contributed by atoms with Crippen LogP contribution in [0.15, 0.2) is 24.4 Å². The molecule has 0 aromatic carbocycles. The zero-order valence-electron chi connectivity index (χ0n) is 11.2. The summed E-state index contributed by atoms with van der Waals surface area (Å²) in [4.78, 5) is 4.33. The monoisotopic (exact) mass is 235 g/mol. The second-order valence-electron chi connectivity index (χ2n) is 5.82. The fourth-order valence-corrected chi connectivity index (χ4v) is 1.79. The highest BCUT2D eigenvalue weighted by Crippen LogP contribution is 2.22. The quantitative estimate of drug-likeness (QED) is 0.589. The Morgan fingerprint density at radius 2 is 2.06 bits per heavy atom. The van der Waals surface area contributed by atoms with Gasteiger partial charge in [0.15, 0.2) is 0 Å². The van der Waals surface area contributed by atoms with Crippen molar-refractivity contribution in [2.24, 2.45) is 11.3 Å². The molecule has 0 radical (unpaired) electrons. The van der Waals surface area contributed by atoms with E-state index in [0.29, 0.717) is 11.5 Å². The molecule has 0 aliphatic rings. The van der Waals surface area contributed by atoms with Crippen LogP contribution in [-0.4, -0.2) is 11.0 Å². The topological polar surface area (TPSA) is 50.9 Å². The smallest absolute Gasteiger partial charge is 0.0404 e. The summed E-state index contributed by atoms with van der Waals surface area (Å²) in [5.74, 6) is 5.60. The van der Waals surface area contributed by atoms with E-state index in [1.54, 1.807) is 0 Å². The Morgan fingerprint density at radius 3 is 2.59 bits per heavy atom. The van der Waals surface area contributed by atoms with Crippen molar-refractivity contribution in [2.75, 3.05) is 0 Å². The first-order valence-electron chi connectivity index (χ1n) is 6.37. The van der Waals surface area contributed by atoms with Gasteiger partial charge in [0.25, 0.3) is 0 Å². The van der Waals surface area contributed by atoms with Crippen LogP contribution in [0.1, 0.15) is 45.7 Å². The number of hydrazine groups is 1. The van der Waals surface area contributed by atoms with Crippen LogP contribution >= 0.6 is 0 Å². The van der Waals surface area contributed by atoms with Gasteiger partial charge in [-0.2, -0.15) is 0 Å². The van der Waals surface area contributed by atoms with E-state index in [-0.39, 0.29) is 0 Å². The molecule has 1 atom stereocenters. The zero-order valence-corrected chi connectivity index (χ0v) is 11.2. The Kier molecular flexibility index (Phi) is 5.59. The number of nitrogens with zero attached hydrogens (tertiary/aromatic N) is 1. The molecule has 0 fully saturated rings. The maximum absolute atomic E-state index is 5.60. The van der Waals surface area contributed by atoms with Gasteiger partial charge < -0.3 is 0 Å². The number of pyridine rings is 1. The van der Waals surface area contributed by atoms with Gasteiger partial charge in [-0.15, -0.1) is 0 Å². The van der Waals surface area contributed by atoms with Gasteiger partial charge in [0.2, 0.25) is 0 Å². The Hall–Kier alpha value is -0.930.